The Balaban J connectivity index is 1.30. The highest BCUT2D eigenvalue weighted by Crippen LogP contribution is 2.55. The zero-order valence-corrected chi connectivity index (χ0v) is 16.5. The van der Waals surface area contributed by atoms with E-state index >= 15 is 0 Å². The van der Waals surface area contributed by atoms with Gasteiger partial charge >= 0.3 is 0 Å². The van der Waals surface area contributed by atoms with Gasteiger partial charge in [0.25, 0.3) is 5.91 Å². The van der Waals surface area contributed by atoms with Crippen molar-refractivity contribution in [1.82, 2.24) is 15.5 Å². The molecule has 4 fully saturated rings. The number of likely N-dealkylation sites (N-methyl/N-ethyl adjacent to an activating group) is 1. The van der Waals surface area contributed by atoms with E-state index in [1.165, 1.54) is 38.5 Å². The predicted molar refractivity (Wildman–Crippen MR) is 105 cm³/mol. The van der Waals surface area contributed by atoms with Gasteiger partial charge in [-0.15, -0.1) is 0 Å². The third kappa shape index (κ3) is 4.03. The Hall–Kier alpha value is -1.88. The number of nitrogens with one attached hydrogen (secondary N) is 2. The lowest BCUT2D eigenvalue weighted by Crippen LogP contribution is -2.60. The third-order valence-corrected chi connectivity index (χ3v) is 6.75. The highest BCUT2D eigenvalue weighted by molar-refractivity contribution is 5.93. The van der Waals surface area contributed by atoms with Gasteiger partial charge in [-0.3, -0.25) is 14.5 Å². The number of benzene rings is 1. The summed E-state index contributed by atoms with van der Waals surface area (Å²) in [5, 5.41) is 6.07. The van der Waals surface area contributed by atoms with Gasteiger partial charge in [-0.1, -0.05) is 12.1 Å². The van der Waals surface area contributed by atoms with E-state index in [1.807, 2.05) is 36.2 Å². The molecule has 0 saturated heterocycles. The van der Waals surface area contributed by atoms with Crippen LogP contribution in [0.15, 0.2) is 24.3 Å². The van der Waals surface area contributed by atoms with Crippen LogP contribution < -0.4 is 10.6 Å². The van der Waals surface area contributed by atoms with E-state index in [0.717, 1.165) is 23.3 Å². The zero-order valence-electron chi connectivity index (χ0n) is 16.5. The minimum absolute atomic E-state index is 0.0788. The zero-order chi connectivity index (χ0) is 19.0. The first-order valence-corrected chi connectivity index (χ1v) is 10.3. The molecule has 4 bridgehead atoms. The first-order valence-electron chi connectivity index (χ1n) is 10.3. The van der Waals surface area contributed by atoms with Crippen LogP contribution in [-0.2, 0) is 11.3 Å². The molecule has 0 radical (unpaired) electrons. The average molecular weight is 370 g/mol. The van der Waals surface area contributed by atoms with Gasteiger partial charge in [-0.2, -0.15) is 0 Å². The van der Waals surface area contributed by atoms with E-state index in [9.17, 15) is 9.59 Å². The van der Waals surface area contributed by atoms with Gasteiger partial charge in [-0.25, -0.2) is 0 Å². The second-order valence-electron chi connectivity index (χ2n) is 9.19. The monoisotopic (exact) mass is 369 g/mol. The van der Waals surface area contributed by atoms with Gasteiger partial charge in [0, 0.05) is 24.7 Å². The van der Waals surface area contributed by atoms with Crippen LogP contribution in [0.3, 0.4) is 0 Å². The van der Waals surface area contributed by atoms with Crippen molar-refractivity contribution < 1.29 is 9.59 Å². The van der Waals surface area contributed by atoms with Crippen molar-refractivity contribution in [3.05, 3.63) is 35.4 Å². The van der Waals surface area contributed by atoms with Gasteiger partial charge in [0.05, 0.1) is 6.54 Å². The van der Waals surface area contributed by atoms with Crippen molar-refractivity contribution in [3.63, 3.8) is 0 Å². The van der Waals surface area contributed by atoms with Gasteiger partial charge in [0.1, 0.15) is 0 Å². The van der Waals surface area contributed by atoms with Crippen LogP contribution in [0.25, 0.3) is 0 Å². The van der Waals surface area contributed by atoms with E-state index in [0.29, 0.717) is 18.7 Å². The number of nitrogens with zero attached hydrogens (tertiary/aromatic N) is 1. The summed E-state index contributed by atoms with van der Waals surface area (Å²) in [7, 11) is 3.61. The summed E-state index contributed by atoms with van der Waals surface area (Å²) in [6.45, 7) is 1.11. The van der Waals surface area contributed by atoms with Crippen LogP contribution in [0.5, 0.6) is 0 Å². The molecule has 5 nitrogen and oxygen atoms in total. The summed E-state index contributed by atoms with van der Waals surface area (Å²) in [5.74, 6) is 2.60. The summed E-state index contributed by atoms with van der Waals surface area (Å²) < 4.78 is 0. The molecule has 5 heteroatoms. The summed E-state index contributed by atoms with van der Waals surface area (Å²) in [6, 6.07) is 7.57. The van der Waals surface area contributed by atoms with Crippen LogP contribution >= 0.6 is 0 Å². The largest absolute Gasteiger partial charge is 0.355 e. The molecule has 2 N–H and O–H groups in total. The average Bonchev–Trinajstić information content (AvgIpc) is 2.59. The Bertz CT molecular complexity index is 677. The maximum Gasteiger partial charge on any atom is 0.251 e. The van der Waals surface area contributed by atoms with Gasteiger partial charge < -0.3 is 10.6 Å². The standard InChI is InChI=1S/C22H31N3O2/c1-23-21(27)19-5-3-15(4-6-19)13-25(2)14-20(26)24-22-10-16-7-17(11-22)9-18(8-16)12-22/h3-6,16-18H,7-14H2,1-2H3,(H,23,27)(H,24,26). The van der Waals surface area contributed by atoms with Crippen LogP contribution in [0, 0.1) is 17.8 Å². The minimum atomic E-state index is -0.0788. The Morgan fingerprint density at radius 2 is 1.59 bits per heavy atom. The number of amides is 2. The number of carbonyl (C=O) groups excluding carboxylic acids is 2. The van der Waals surface area contributed by atoms with Crippen molar-refractivity contribution in [2.45, 2.75) is 50.6 Å². The maximum atomic E-state index is 12.7. The quantitative estimate of drug-likeness (QED) is 0.810. The number of hydrogen-bond acceptors (Lipinski definition) is 3. The van der Waals surface area contributed by atoms with Gasteiger partial charge in [0.15, 0.2) is 0 Å². The first kappa shape index (κ1) is 18.5. The fourth-order valence-electron chi connectivity index (χ4n) is 6.12. The number of hydrogen-bond donors (Lipinski definition) is 2. The number of carbonyl (C=O) groups is 2. The van der Waals surface area contributed by atoms with Crippen molar-refractivity contribution in [2.75, 3.05) is 20.6 Å². The summed E-state index contributed by atoms with van der Waals surface area (Å²) in [6.07, 6.45) is 7.74. The van der Waals surface area contributed by atoms with Crippen LogP contribution in [0.4, 0.5) is 0 Å². The molecular formula is C22H31N3O2. The lowest BCUT2D eigenvalue weighted by Gasteiger charge is -2.57. The fourth-order valence-corrected chi connectivity index (χ4v) is 6.12. The molecule has 5 rings (SSSR count). The fraction of sp³-hybridized carbons (Fsp3) is 0.636. The topological polar surface area (TPSA) is 61.4 Å². The van der Waals surface area contributed by atoms with E-state index in [1.54, 1.807) is 7.05 Å². The van der Waals surface area contributed by atoms with Crippen LogP contribution in [0.1, 0.15) is 54.4 Å². The normalized spacial score (nSPS) is 31.1. The summed E-state index contributed by atoms with van der Waals surface area (Å²) in [5.41, 5.74) is 1.85. The van der Waals surface area contributed by atoms with E-state index in [2.05, 4.69) is 10.6 Å². The minimum Gasteiger partial charge on any atom is -0.355 e. The molecule has 0 unspecified atom stereocenters. The van der Waals surface area contributed by atoms with Crippen molar-refractivity contribution in [1.29, 1.82) is 0 Å². The molecule has 27 heavy (non-hydrogen) atoms. The Kier molecular flexibility index (Phi) is 4.97. The molecule has 0 aromatic heterocycles. The molecule has 146 valence electrons. The molecule has 0 aliphatic heterocycles. The maximum absolute atomic E-state index is 12.7. The van der Waals surface area contributed by atoms with Crippen molar-refractivity contribution in [3.8, 4) is 0 Å². The number of rotatable bonds is 6. The Morgan fingerprint density at radius 3 is 2.11 bits per heavy atom. The lowest BCUT2D eigenvalue weighted by atomic mass is 9.53. The van der Waals surface area contributed by atoms with Crippen molar-refractivity contribution >= 4 is 11.8 Å². The lowest BCUT2D eigenvalue weighted by molar-refractivity contribution is -0.127. The SMILES string of the molecule is CNC(=O)c1ccc(CN(C)CC(=O)NC23CC4CC(CC(C4)C2)C3)cc1. The summed E-state index contributed by atoms with van der Waals surface area (Å²) >= 11 is 0. The molecule has 4 aliphatic rings. The second kappa shape index (κ2) is 7.27. The van der Waals surface area contributed by atoms with E-state index in [4.69, 9.17) is 0 Å². The first-order chi connectivity index (χ1) is 12.9. The molecular weight excluding hydrogens is 338 g/mol. The van der Waals surface area contributed by atoms with Crippen LogP contribution in [-0.4, -0.2) is 42.9 Å². The Morgan fingerprint density at radius 1 is 1.04 bits per heavy atom. The van der Waals surface area contributed by atoms with Crippen molar-refractivity contribution in [2.24, 2.45) is 17.8 Å². The molecule has 0 spiro atoms. The van der Waals surface area contributed by atoms with E-state index < -0.39 is 0 Å². The highest BCUT2D eigenvalue weighted by atomic mass is 16.2. The predicted octanol–water partition coefficient (Wildman–Crippen LogP) is 2.56. The summed E-state index contributed by atoms with van der Waals surface area (Å²) in [4.78, 5) is 26.4. The molecule has 0 heterocycles. The molecule has 2 amide bonds. The smallest absolute Gasteiger partial charge is 0.251 e. The van der Waals surface area contributed by atoms with Crippen LogP contribution in [0.2, 0.25) is 0 Å². The highest BCUT2D eigenvalue weighted by Gasteiger charge is 2.51. The van der Waals surface area contributed by atoms with Gasteiger partial charge in [-0.05, 0) is 81.0 Å². The van der Waals surface area contributed by atoms with Gasteiger partial charge in [0.2, 0.25) is 5.91 Å². The Labute approximate surface area is 161 Å². The third-order valence-electron chi connectivity index (χ3n) is 6.75. The molecule has 4 saturated carbocycles. The second-order valence-corrected chi connectivity index (χ2v) is 9.19. The molecule has 1 aromatic carbocycles. The van der Waals surface area contributed by atoms with E-state index in [-0.39, 0.29) is 17.4 Å². The molecule has 4 aliphatic carbocycles. The molecule has 1 aromatic rings. The molecule has 0 atom stereocenters.